The maximum absolute atomic E-state index is 11.5. The Labute approximate surface area is 106 Å². The molecule has 0 aliphatic carbocycles. The lowest BCUT2D eigenvalue weighted by molar-refractivity contribution is -0.124. The SMILES string of the molecule is CCNC(C)(CCN(C)C(CC)CC)C(N)=O. The molecule has 0 radical (unpaired) electrons. The van der Waals surface area contributed by atoms with Gasteiger partial charge in [0.15, 0.2) is 0 Å². The summed E-state index contributed by atoms with van der Waals surface area (Å²) in [6.07, 6.45) is 3.03. The van der Waals surface area contributed by atoms with Gasteiger partial charge in [-0.15, -0.1) is 0 Å². The Morgan fingerprint density at radius 1 is 1.35 bits per heavy atom. The maximum Gasteiger partial charge on any atom is 0.237 e. The van der Waals surface area contributed by atoms with Gasteiger partial charge >= 0.3 is 0 Å². The van der Waals surface area contributed by atoms with Gasteiger partial charge in [-0.25, -0.2) is 0 Å². The Morgan fingerprint density at radius 3 is 2.24 bits per heavy atom. The van der Waals surface area contributed by atoms with E-state index in [1.54, 1.807) is 0 Å². The standard InChI is InChI=1S/C13H29N3O/c1-6-11(7-2)16(5)10-9-13(4,12(14)17)15-8-3/h11,15H,6-10H2,1-5H3,(H2,14,17). The maximum atomic E-state index is 11.5. The van der Waals surface area contributed by atoms with Crippen LogP contribution in [0.5, 0.6) is 0 Å². The average molecular weight is 243 g/mol. The summed E-state index contributed by atoms with van der Waals surface area (Å²) in [6.45, 7) is 9.92. The molecule has 0 aliphatic heterocycles. The van der Waals surface area contributed by atoms with Crippen molar-refractivity contribution in [3.05, 3.63) is 0 Å². The van der Waals surface area contributed by atoms with Crippen LogP contribution in [0.4, 0.5) is 0 Å². The number of hydrogen-bond donors (Lipinski definition) is 2. The fraction of sp³-hybridized carbons (Fsp3) is 0.923. The average Bonchev–Trinajstić information content (AvgIpc) is 2.28. The van der Waals surface area contributed by atoms with E-state index < -0.39 is 5.54 Å². The van der Waals surface area contributed by atoms with Gasteiger partial charge in [0, 0.05) is 12.6 Å². The van der Waals surface area contributed by atoms with Crippen LogP contribution < -0.4 is 11.1 Å². The van der Waals surface area contributed by atoms with Crippen LogP contribution in [0.2, 0.25) is 0 Å². The van der Waals surface area contributed by atoms with Crippen LogP contribution in [0, 0.1) is 0 Å². The normalized spacial score (nSPS) is 15.2. The van der Waals surface area contributed by atoms with Crippen LogP contribution in [0.15, 0.2) is 0 Å². The molecule has 0 aromatic carbocycles. The molecule has 0 bridgehead atoms. The summed E-state index contributed by atoms with van der Waals surface area (Å²) < 4.78 is 0. The predicted molar refractivity (Wildman–Crippen MR) is 72.9 cm³/mol. The zero-order valence-electron chi connectivity index (χ0n) is 12.0. The molecule has 0 saturated carbocycles. The number of nitrogens with two attached hydrogens (primary N) is 1. The molecule has 17 heavy (non-hydrogen) atoms. The number of carbonyl (C=O) groups is 1. The monoisotopic (exact) mass is 243 g/mol. The third kappa shape index (κ3) is 5.04. The number of rotatable bonds is 9. The molecule has 1 amide bonds. The van der Waals surface area contributed by atoms with Crippen molar-refractivity contribution in [2.75, 3.05) is 20.1 Å². The Balaban J connectivity index is 4.35. The molecule has 0 fully saturated rings. The third-order valence-corrected chi connectivity index (χ3v) is 3.64. The third-order valence-electron chi connectivity index (χ3n) is 3.64. The topological polar surface area (TPSA) is 58.4 Å². The van der Waals surface area contributed by atoms with E-state index in [1.165, 1.54) is 0 Å². The number of nitrogens with zero attached hydrogens (tertiary/aromatic N) is 1. The Bertz CT molecular complexity index is 229. The number of amides is 1. The van der Waals surface area contributed by atoms with E-state index in [4.69, 9.17) is 5.73 Å². The smallest absolute Gasteiger partial charge is 0.237 e. The summed E-state index contributed by atoms with van der Waals surface area (Å²) in [4.78, 5) is 13.8. The van der Waals surface area contributed by atoms with Gasteiger partial charge in [-0.1, -0.05) is 20.8 Å². The second-order valence-corrected chi connectivity index (χ2v) is 4.93. The zero-order chi connectivity index (χ0) is 13.5. The van der Waals surface area contributed by atoms with Crippen molar-refractivity contribution in [2.24, 2.45) is 5.73 Å². The highest BCUT2D eigenvalue weighted by atomic mass is 16.1. The van der Waals surface area contributed by atoms with Crippen LogP contribution in [0.25, 0.3) is 0 Å². The first-order valence-electron chi connectivity index (χ1n) is 6.66. The summed E-state index contributed by atoms with van der Waals surface area (Å²) in [7, 11) is 2.12. The Kier molecular flexibility index (Phi) is 7.39. The summed E-state index contributed by atoms with van der Waals surface area (Å²) in [6, 6.07) is 0.591. The van der Waals surface area contributed by atoms with Crippen LogP contribution in [0.3, 0.4) is 0 Å². The minimum absolute atomic E-state index is 0.266. The van der Waals surface area contributed by atoms with Crippen LogP contribution >= 0.6 is 0 Å². The van der Waals surface area contributed by atoms with Crippen molar-refractivity contribution in [2.45, 2.75) is 58.5 Å². The highest BCUT2D eigenvalue weighted by Crippen LogP contribution is 2.13. The number of primary amides is 1. The molecule has 102 valence electrons. The van der Waals surface area contributed by atoms with Crippen molar-refractivity contribution in [1.29, 1.82) is 0 Å². The Hall–Kier alpha value is -0.610. The summed E-state index contributed by atoms with van der Waals surface area (Å²) in [5.74, 6) is -0.266. The van der Waals surface area contributed by atoms with E-state index in [2.05, 4.69) is 31.1 Å². The molecule has 0 saturated heterocycles. The van der Waals surface area contributed by atoms with E-state index >= 15 is 0 Å². The molecule has 0 spiro atoms. The fourth-order valence-electron chi connectivity index (χ4n) is 2.18. The van der Waals surface area contributed by atoms with E-state index in [0.29, 0.717) is 6.04 Å². The first kappa shape index (κ1) is 16.4. The summed E-state index contributed by atoms with van der Waals surface area (Å²) in [5, 5.41) is 3.19. The van der Waals surface area contributed by atoms with Crippen LogP contribution in [-0.2, 0) is 4.79 Å². The molecule has 4 nitrogen and oxygen atoms in total. The predicted octanol–water partition coefficient (Wildman–Crippen LogP) is 1.35. The number of nitrogens with one attached hydrogen (secondary N) is 1. The van der Waals surface area contributed by atoms with Crippen molar-refractivity contribution in [3.63, 3.8) is 0 Å². The zero-order valence-corrected chi connectivity index (χ0v) is 12.0. The minimum atomic E-state index is -0.588. The lowest BCUT2D eigenvalue weighted by Crippen LogP contribution is -2.54. The largest absolute Gasteiger partial charge is 0.368 e. The van der Waals surface area contributed by atoms with E-state index in [0.717, 1.165) is 32.4 Å². The van der Waals surface area contributed by atoms with Gasteiger partial charge in [-0.05, 0) is 39.8 Å². The molecule has 0 aliphatic rings. The van der Waals surface area contributed by atoms with E-state index in [9.17, 15) is 4.79 Å². The lowest BCUT2D eigenvalue weighted by Gasteiger charge is -2.32. The van der Waals surface area contributed by atoms with Gasteiger partial charge in [0.25, 0.3) is 0 Å². The van der Waals surface area contributed by atoms with Gasteiger partial charge in [-0.3, -0.25) is 4.79 Å². The molecule has 0 aromatic rings. The second-order valence-electron chi connectivity index (χ2n) is 4.93. The van der Waals surface area contributed by atoms with Crippen molar-refractivity contribution >= 4 is 5.91 Å². The van der Waals surface area contributed by atoms with Gasteiger partial charge in [-0.2, -0.15) is 0 Å². The van der Waals surface area contributed by atoms with Gasteiger partial charge in [0.1, 0.15) is 0 Å². The molecule has 0 rings (SSSR count). The molecule has 1 unspecified atom stereocenters. The minimum Gasteiger partial charge on any atom is -0.368 e. The molecular weight excluding hydrogens is 214 g/mol. The highest BCUT2D eigenvalue weighted by Gasteiger charge is 2.30. The Morgan fingerprint density at radius 2 is 1.88 bits per heavy atom. The quantitative estimate of drug-likeness (QED) is 0.643. The fourth-order valence-corrected chi connectivity index (χ4v) is 2.18. The molecule has 3 N–H and O–H groups in total. The van der Waals surface area contributed by atoms with E-state index in [-0.39, 0.29) is 5.91 Å². The van der Waals surface area contributed by atoms with Gasteiger partial charge in [0.05, 0.1) is 5.54 Å². The van der Waals surface area contributed by atoms with E-state index in [1.807, 2.05) is 13.8 Å². The lowest BCUT2D eigenvalue weighted by atomic mass is 9.96. The summed E-state index contributed by atoms with van der Waals surface area (Å²) >= 11 is 0. The second kappa shape index (κ2) is 7.67. The van der Waals surface area contributed by atoms with Crippen molar-refractivity contribution in [1.82, 2.24) is 10.2 Å². The molecular formula is C13H29N3O. The number of carbonyl (C=O) groups excluding carboxylic acids is 1. The van der Waals surface area contributed by atoms with Gasteiger partial charge in [0.2, 0.25) is 5.91 Å². The highest BCUT2D eigenvalue weighted by molar-refractivity contribution is 5.84. The first-order valence-corrected chi connectivity index (χ1v) is 6.66. The molecule has 4 heteroatoms. The number of hydrogen-bond acceptors (Lipinski definition) is 3. The van der Waals surface area contributed by atoms with Crippen molar-refractivity contribution < 1.29 is 4.79 Å². The van der Waals surface area contributed by atoms with Crippen molar-refractivity contribution in [3.8, 4) is 0 Å². The summed E-state index contributed by atoms with van der Waals surface area (Å²) in [5.41, 5.74) is 4.88. The first-order chi connectivity index (χ1) is 7.91. The van der Waals surface area contributed by atoms with Gasteiger partial charge < -0.3 is 16.0 Å². The molecule has 0 heterocycles. The van der Waals surface area contributed by atoms with Crippen LogP contribution in [0.1, 0.15) is 47.0 Å². The molecule has 0 aromatic heterocycles. The molecule has 1 atom stereocenters. The number of likely N-dealkylation sites (N-methyl/N-ethyl adjacent to an activating group) is 1. The van der Waals surface area contributed by atoms with Crippen LogP contribution in [-0.4, -0.2) is 42.5 Å².